The number of halogens is 1. The van der Waals surface area contributed by atoms with E-state index in [4.69, 9.17) is 0 Å². The van der Waals surface area contributed by atoms with E-state index in [0.29, 0.717) is 16.2 Å². The average Bonchev–Trinajstić information content (AvgIpc) is 2.75. The van der Waals surface area contributed by atoms with Gasteiger partial charge in [0.15, 0.2) is 0 Å². The van der Waals surface area contributed by atoms with Crippen LogP contribution in [-0.2, 0) is 0 Å². The zero-order chi connectivity index (χ0) is 13.6. The Kier molecular flexibility index (Phi) is 2.67. The summed E-state index contributed by atoms with van der Waals surface area (Å²) in [5.74, 6) is -0.516. The molecule has 0 spiro atoms. The minimum Gasteiger partial charge on any atom is -0.268 e. The van der Waals surface area contributed by atoms with E-state index in [0.717, 1.165) is 5.01 Å². The molecule has 19 heavy (non-hydrogen) atoms. The summed E-state index contributed by atoms with van der Waals surface area (Å²) in [6.07, 6.45) is 0. The average molecular weight is 275 g/mol. The zero-order valence-corrected chi connectivity index (χ0v) is 11.2. The molecule has 0 aliphatic heterocycles. The topological polar surface area (TPSA) is 47.8 Å². The Morgan fingerprint density at radius 1 is 1.26 bits per heavy atom. The van der Waals surface area contributed by atoms with Crippen LogP contribution in [0.1, 0.15) is 10.7 Å². The SMILES string of the molecule is Cc1nnc(-n2c(C)cc3cccc(F)c3c2=O)s1. The molecule has 0 saturated heterocycles. The monoisotopic (exact) mass is 275 g/mol. The van der Waals surface area contributed by atoms with Crippen LogP contribution < -0.4 is 5.56 Å². The maximum absolute atomic E-state index is 13.8. The summed E-state index contributed by atoms with van der Waals surface area (Å²) in [5.41, 5.74) is 0.309. The van der Waals surface area contributed by atoms with E-state index in [2.05, 4.69) is 10.2 Å². The van der Waals surface area contributed by atoms with Gasteiger partial charge in [0.05, 0.1) is 5.39 Å². The summed E-state index contributed by atoms with van der Waals surface area (Å²) in [7, 11) is 0. The molecular formula is C13H10FN3OS. The molecule has 1 aromatic carbocycles. The van der Waals surface area contributed by atoms with Crippen molar-refractivity contribution in [3.63, 3.8) is 0 Å². The third-order valence-corrected chi connectivity index (χ3v) is 3.71. The maximum atomic E-state index is 13.8. The third kappa shape index (κ3) is 1.84. The van der Waals surface area contributed by atoms with Gasteiger partial charge >= 0.3 is 0 Å². The summed E-state index contributed by atoms with van der Waals surface area (Å²) in [6, 6.07) is 6.38. The number of rotatable bonds is 1. The highest BCUT2D eigenvalue weighted by Crippen LogP contribution is 2.19. The molecule has 0 N–H and O–H groups in total. The quantitative estimate of drug-likeness (QED) is 0.686. The van der Waals surface area contributed by atoms with Crippen LogP contribution in [0.4, 0.5) is 4.39 Å². The molecule has 2 heterocycles. The Labute approximate surface area is 112 Å². The lowest BCUT2D eigenvalue weighted by Gasteiger charge is -2.08. The smallest absolute Gasteiger partial charge is 0.268 e. The zero-order valence-electron chi connectivity index (χ0n) is 10.3. The fraction of sp³-hybridized carbons (Fsp3) is 0.154. The van der Waals surface area contributed by atoms with Crippen molar-refractivity contribution in [3.8, 4) is 5.13 Å². The number of pyridine rings is 1. The lowest BCUT2D eigenvalue weighted by molar-refractivity contribution is 0.637. The highest BCUT2D eigenvalue weighted by molar-refractivity contribution is 7.13. The molecule has 6 heteroatoms. The van der Waals surface area contributed by atoms with Crippen LogP contribution in [0.25, 0.3) is 15.9 Å². The van der Waals surface area contributed by atoms with Gasteiger partial charge in [0.2, 0.25) is 5.13 Å². The van der Waals surface area contributed by atoms with E-state index < -0.39 is 11.4 Å². The lowest BCUT2D eigenvalue weighted by atomic mass is 10.1. The van der Waals surface area contributed by atoms with Gasteiger partial charge in [0.25, 0.3) is 5.56 Å². The predicted molar refractivity (Wildman–Crippen MR) is 72.4 cm³/mol. The van der Waals surface area contributed by atoms with Gasteiger partial charge < -0.3 is 0 Å². The minimum absolute atomic E-state index is 0.0842. The highest BCUT2D eigenvalue weighted by atomic mass is 32.1. The van der Waals surface area contributed by atoms with Crippen LogP contribution in [-0.4, -0.2) is 14.8 Å². The Bertz CT molecular complexity index is 838. The van der Waals surface area contributed by atoms with Crippen LogP contribution in [0.15, 0.2) is 29.1 Å². The minimum atomic E-state index is -0.516. The van der Waals surface area contributed by atoms with Crippen LogP contribution in [0.3, 0.4) is 0 Å². The van der Waals surface area contributed by atoms with Gasteiger partial charge in [-0.2, -0.15) is 0 Å². The number of hydrogen-bond acceptors (Lipinski definition) is 4. The van der Waals surface area contributed by atoms with E-state index in [9.17, 15) is 9.18 Å². The van der Waals surface area contributed by atoms with E-state index in [1.54, 1.807) is 25.1 Å². The largest absolute Gasteiger partial charge is 0.268 e. The van der Waals surface area contributed by atoms with Gasteiger partial charge in [0.1, 0.15) is 10.8 Å². The number of nitrogens with zero attached hydrogens (tertiary/aromatic N) is 3. The van der Waals surface area contributed by atoms with Gasteiger partial charge in [-0.3, -0.25) is 9.36 Å². The van der Waals surface area contributed by atoms with Crippen molar-refractivity contribution in [1.29, 1.82) is 0 Å². The Morgan fingerprint density at radius 3 is 2.74 bits per heavy atom. The molecule has 0 aliphatic rings. The van der Waals surface area contributed by atoms with Gasteiger partial charge in [0, 0.05) is 5.69 Å². The first-order chi connectivity index (χ1) is 9.08. The van der Waals surface area contributed by atoms with Crippen LogP contribution in [0.2, 0.25) is 0 Å². The van der Waals surface area contributed by atoms with Crippen molar-refractivity contribution in [3.05, 3.63) is 51.1 Å². The highest BCUT2D eigenvalue weighted by Gasteiger charge is 2.14. The fourth-order valence-corrected chi connectivity index (χ4v) is 2.81. The second-order valence-electron chi connectivity index (χ2n) is 4.23. The van der Waals surface area contributed by atoms with Crippen molar-refractivity contribution in [1.82, 2.24) is 14.8 Å². The first-order valence-corrected chi connectivity index (χ1v) is 6.51. The van der Waals surface area contributed by atoms with Crippen LogP contribution >= 0.6 is 11.3 Å². The van der Waals surface area contributed by atoms with Crippen LogP contribution in [0.5, 0.6) is 0 Å². The normalized spacial score (nSPS) is 11.1. The Balaban J connectivity index is 2.44. The van der Waals surface area contributed by atoms with Gasteiger partial charge in [-0.1, -0.05) is 23.5 Å². The van der Waals surface area contributed by atoms with Gasteiger partial charge in [-0.15, -0.1) is 10.2 Å². The van der Waals surface area contributed by atoms with E-state index in [1.807, 2.05) is 6.92 Å². The summed E-state index contributed by atoms with van der Waals surface area (Å²) < 4.78 is 15.2. The molecule has 0 fully saturated rings. The van der Waals surface area contributed by atoms with Crippen LogP contribution in [0, 0.1) is 19.7 Å². The van der Waals surface area contributed by atoms with Crippen molar-refractivity contribution < 1.29 is 4.39 Å². The Hall–Kier alpha value is -2.08. The molecule has 0 atom stereocenters. The van der Waals surface area contributed by atoms with Gasteiger partial charge in [-0.05, 0) is 31.4 Å². The summed E-state index contributed by atoms with van der Waals surface area (Å²) in [5, 5.41) is 9.75. The van der Waals surface area contributed by atoms with Crippen molar-refractivity contribution in [2.75, 3.05) is 0 Å². The number of aromatic nitrogens is 3. The molecule has 96 valence electrons. The molecule has 0 aliphatic carbocycles. The molecule has 0 unspecified atom stereocenters. The molecule has 0 bridgehead atoms. The second kappa shape index (κ2) is 4.24. The van der Waals surface area contributed by atoms with E-state index in [-0.39, 0.29) is 5.39 Å². The fourth-order valence-electron chi connectivity index (χ4n) is 2.06. The molecular weight excluding hydrogens is 265 g/mol. The Morgan fingerprint density at radius 2 is 2.05 bits per heavy atom. The lowest BCUT2D eigenvalue weighted by Crippen LogP contribution is -2.21. The first kappa shape index (κ1) is 12.0. The van der Waals surface area contributed by atoms with E-state index in [1.165, 1.54) is 22.0 Å². The molecule has 3 aromatic rings. The van der Waals surface area contributed by atoms with Crippen molar-refractivity contribution in [2.24, 2.45) is 0 Å². The number of aryl methyl sites for hydroxylation is 2. The van der Waals surface area contributed by atoms with Gasteiger partial charge in [-0.25, -0.2) is 4.39 Å². The summed E-state index contributed by atoms with van der Waals surface area (Å²) in [4.78, 5) is 12.4. The van der Waals surface area contributed by atoms with Crippen molar-refractivity contribution in [2.45, 2.75) is 13.8 Å². The molecule has 0 amide bonds. The molecule has 0 radical (unpaired) electrons. The third-order valence-electron chi connectivity index (χ3n) is 2.89. The first-order valence-electron chi connectivity index (χ1n) is 5.69. The number of hydrogen-bond donors (Lipinski definition) is 0. The van der Waals surface area contributed by atoms with E-state index >= 15 is 0 Å². The van der Waals surface area contributed by atoms with Crippen molar-refractivity contribution >= 4 is 22.1 Å². The molecule has 3 rings (SSSR count). The standard InChI is InChI=1S/C13H10FN3OS/c1-7-6-9-4-3-5-10(14)11(9)12(18)17(7)13-16-15-8(2)19-13/h3-6H,1-2H3. The molecule has 4 nitrogen and oxygen atoms in total. The second-order valence-corrected chi connectivity index (χ2v) is 5.39. The molecule has 2 aromatic heterocycles. The summed E-state index contributed by atoms with van der Waals surface area (Å²) >= 11 is 1.30. The summed E-state index contributed by atoms with van der Waals surface area (Å²) in [6.45, 7) is 3.60. The predicted octanol–water partition coefficient (Wildman–Crippen LogP) is 2.60. The maximum Gasteiger partial charge on any atom is 0.268 e. The number of fused-ring (bicyclic) bond motifs is 1. The molecule has 0 saturated carbocycles. The number of benzene rings is 1.